The van der Waals surface area contributed by atoms with Crippen LogP contribution >= 0.6 is 0 Å². The Morgan fingerprint density at radius 3 is 1.45 bits per heavy atom. The number of nitrogens with zero attached hydrogens (tertiary/aromatic N) is 1. The quantitative estimate of drug-likeness (QED) is 0.0181. The van der Waals surface area contributed by atoms with E-state index in [1.165, 1.54) is 45.0 Å². The van der Waals surface area contributed by atoms with Gasteiger partial charge < -0.3 is 86.1 Å². The third kappa shape index (κ3) is 25.1. The van der Waals surface area contributed by atoms with Crippen LogP contribution in [0.1, 0.15) is 98.1 Å². The molecule has 0 spiro atoms. The van der Waals surface area contributed by atoms with Crippen molar-refractivity contribution in [2.24, 2.45) is 39.8 Å². The van der Waals surface area contributed by atoms with Gasteiger partial charge in [-0.1, -0.05) is 76.6 Å². The summed E-state index contributed by atoms with van der Waals surface area (Å²) in [5, 5.41) is 50.9. The largest absolute Gasteiger partial charge is 0.508 e. The standard InChI is InChI=1S/C53H80N14O15/c1-8-27(4)42(67-46(75)34(54)22-31-13-10-9-11-14-31)51(80)61-30(7)45(74)63-37(23-32-16-18-33(68)19-17-32)48(77)60-29(6)44(73)64-38(24-40(55)69)49(78)66-39(25-41(70)71)50(79)65-36(21-26(2)3)47(76)59-28(5)43(72)62-35(52(81)82)15-12-20-58-53(56)57/h9-11,13-14,16-19,26-30,34-39,42,68H,8,12,15,20-25,54H2,1-7H3,(H2,55,69)(H,59,76)(H,60,77)(H,61,80)(H,62,72)(H,63,74)(H,64,73)(H,65,79)(H,66,78)(H,67,75)(H,70,71)(H,81,82)(H4,56,57,58)/t27-,28-,29-,30-,34-,35-,36-,37-,38-,39-,42-/m0/s1. The number of amides is 10. The Bertz CT molecular complexity index is 2580. The first kappa shape index (κ1) is 69.2. The summed E-state index contributed by atoms with van der Waals surface area (Å²) in [5.41, 5.74) is 23.4. The molecule has 452 valence electrons. The number of guanidine groups is 1. The molecule has 0 saturated heterocycles. The van der Waals surface area contributed by atoms with Gasteiger partial charge in [0.1, 0.15) is 60.1 Å². The fraction of sp³-hybridized carbons (Fsp3) is 0.528. The molecule has 2 rings (SSSR count). The van der Waals surface area contributed by atoms with Gasteiger partial charge in [0.05, 0.1) is 18.9 Å². The van der Waals surface area contributed by atoms with Gasteiger partial charge in [-0.25, -0.2) is 4.79 Å². The second kappa shape index (κ2) is 34.3. The van der Waals surface area contributed by atoms with Gasteiger partial charge >= 0.3 is 11.9 Å². The van der Waals surface area contributed by atoms with Crippen molar-refractivity contribution in [3.8, 4) is 5.75 Å². The van der Waals surface area contributed by atoms with Gasteiger partial charge in [0.15, 0.2) is 5.96 Å². The van der Waals surface area contributed by atoms with Gasteiger partial charge in [-0.3, -0.25) is 57.7 Å². The molecule has 2 aromatic rings. The molecule has 0 saturated carbocycles. The second-order valence-electron chi connectivity index (χ2n) is 20.2. The van der Waals surface area contributed by atoms with Crippen molar-refractivity contribution in [1.29, 1.82) is 0 Å². The zero-order valence-electron chi connectivity index (χ0n) is 47.0. The lowest BCUT2D eigenvalue weighted by molar-refractivity contribution is -0.142. The number of primary amides is 1. The predicted molar refractivity (Wildman–Crippen MR) is 297 cm³/mol. The molecule has 0 aromatic heterocycles. The third-order valence-corrected chi connectivity index (χ3v) is 12.6. The van der Waals surface area contributed by atoms with E-state index in [-0.39, 0.29) is 56.3 Å². The van der Waals surface area contributed by atoms with Crippen molar-refractivity contribution in [3.63, 3.8) is 0 Å². The van der Waals surface area contributed by atoms with Crippen LogP contribution in [0.2, 0.25) is 0 Å². The Balaban J connectivity index is 2.27. The Morgan fingerprint density at radius 1 is 0.512 bits per heavy atom. The van der Waals surface area contributed by atoms with Crippen molar-refractivity contribution in [1.82, 2.24) is 47.9 Å². The third-order valence-electron chi connectivity index (χ3n) is 12.6. The van der Waals surface area contributed by atoms with Crippen molar-refractivity contribution >= 4 is 77.0 Å². The summed E-state index contributed by atoms with van der Waals surface area (Å²) in [6.45, 7) is 10.7. The fourth-order valence-corrected chi connectivity index (χ4v) is 7.82. The maximum atomic E-state index is 14.0. The lowest BCUT2D eigenvalue weighted by Crippen LogP contribution is -2.61. The Hall–Kier alpha value is -8.89. The summed E-state index contributed by atoms with van der Waals surface area (Å²) < 4.78 is 0. The molecule has 2 aromatic carbocycles. The summed E-state index contributed by atoms with van der Waals surface area (Å²) in [7, 11) is 0. The van der Waals surface area contributed by atoms with Gasteiger partial charge in [-0.2, -0.15) is 0 Å². The van der Waals surface area contributed by atoms with Crippen molar-refractivity contribution < 1.29 is 72.9 Å². The van der Waals surface area contributed by atoms with Crippen molar-refractivity contribution in [3.05, 3.63) is 65.7 Å². The number of phenols is 1. The van der Waals surface area contributed by atoms with Gasteiger partial charge in [0.25, 0.3) is 0 Å². The molecule has 0 unspecified atom stereocenters. The summed E-state index contributed by atoms with van der Waals surface area (Å²) >= 11 is 0. The number of rotatable bonds is 35. The van der Waals surface area contributed by atoms with Crippen LogP contribution in [0.4, 0.5) is 0 Å². The summed E-state index contributed by atoms with van der Waals surface area (Å²) in [4.78, 5) is 162. The van der Waals surface area contributed by atoms with E-state index in [2.05, 4.69) is 52.8 Å². The van der Waals surface area contributed by atoms with E-state index in [1.54, 1.807) is 52.0 Å². The number of benzene rings is 2. The molecule has 0 radical (unpaired) electrons. The first-order valence-corrected chi connectivity index (χ1v) is 26.5. The molecule has 0 heterocycles. The zero-order chi connectivity index (χ0) is 62.0. The number of nitrogens with one attached hydrogen (secondary N) is 9. The zero-order valence-corrected chi connectivity index (χ0v) is 47.0. The van der Waals surface area contributed by atoms with Crippen molar-refractivity contribution in [2.75, 3.05) is 6.54 Å². The molecule has 10 amide bonds. The molecule has 82 heavy (non-hydrogen) atoms. The highest BCUT2D eigenvalue weighted by molar-refractivity contribution is 6.00. The van der Waals surface area contributed by atoms with Crippen LogP contribution in [0.5, 0.6) is 5.75 Å². The normalized spacial score (nSPS) is 15.0. The molecule has 0 fully saturated rings. The van der Waals surface area contributed by atoms with E-state index in [4.69, 9.17) is 22.9 Å². The molecule has 0 aliphatic heterocycles. The molecule has 29 nitrogen and oxygen atoms in total. The fourth-order valence-electron chi connectivity index (χ4n) is 7.82. The first-order valence-electron chi connectivity index (χ1n) is 26.5. The SMILES string of the molecule is CC[C@H](C)[C@H](NC(=O)[C@@H](N)Cc1ccccc1)C(=O)N[C@@H](C)C(=O)N[C@@H](Cc1ccc(O)cc1)C(=O)N[C@@H](C)C(=O)N[C@@H](CC(N)=O)C(=O)N[C@@H](CC(=O)O)C(=O)N[C@@H](CC(C)C)C(=O)N[C@@H](C)C(=O)N[C@@H](CCCN=C(N)N)C(=O)O. The van der Waals surface area contributed by atoms with E-state index in [0.29, 0.717) is 12.0 Å². The number of phenolic OH excluding ortho intramolecular Hbond substituents is 1. The number of aliphatic carboxylic acids is 2. The van der Waals surface area contributed by atoms with Gasteiger partial charge in [0, 0.05) is 13.0 Å². The molecular formula is C53H80N14O15. The minimum absolute atomic E-state index is 0.0751. The smallest absolute Gasteiger partial charge is 0.326 e. The predicted octanol–water partition coefficient (Wildman–Crippen LogP) is -3.49. The number of hydrogen-bond donors (Lipinski definition) is 16. The second-order valence-corrected chi connectivity index (χ2v) is 20.2. The maximum Gasteiger partial charge on any atom is 0.326 e. The Kier molecular flexibility index (Phi) is 29.0. The number of carboxylic acids is 2. The Morgan fingerprint density at radius 2 is 0.963 bits per heavy atom. The first-order chi connectivity index (χ1) is 38.4. The number of hydrogen-bond acceptors (Lipinski definition) is 15. The van der Waals surface area contributed by atoms with Gasteiger partial charge in [0.2, 0.25) is 59.1 Å². The van der Waals surface area contributed by atoms with Crippen LogP contribution in [0, 0.1) is 11.8 Å². The number of carbonyl (C=O) groups is 12. The molecule has 11 atom stereocenters. The number of aliphatic imine (C=N–C) groups is 1. The average molecular weight is 1150 g/mol. The molecule has 20 N–H and O–H groups in total. The maximum absolute atomic E-state index is 14.0. The van der Waals surface area contributed by atoms with Gasteiger partial charge in [-0.15, -0.1) is 0 Å². The highest BCUT2D eigenvalue weighted by atomic mass is 16.4. The van der Waals surface area contributed by atoms with Crippen LogP contribution in [-0.2, 0) is 70.4 Å². The van der Waals surface area contributed by atoms with Crippen LogP contribution < -0.4 is 70.8 Å². The molecular weight excluding hydrogens is 1070 g/mol. The summed E-state index contributed by atoms with van der Waals surface area (Å²) in [5.74, 6) is -13.8. The topological polar surface area (TPSA) is 490 Å². The average Bonchev–Trinajstić information content (AvgIpc) is 3.47. The van der Waals surface area contributed by atoms with Crippen LogP contribution in [0.3, 0.4) is 0 Å². The molecule has 29 heteroatoms. The number of carboxylic acid groups (broad SMARTS) is 2. The van der Waals surface area contributed by atoms with E-state index in [0.717, 1.165) is 5.56 Å². The lowest BCUT2D eigenvalue weighted by atomic mass is 9.97. The molecule has 0 bridgehead atoms. The minimum Gasteiger partial charge on any atom is -0.508 e. The monoisotopic (exact) mass is 1150 g/mol. The van der Waals surface area contributed by atoms with E-state index in [1.807, 2.05) is 6.07 Å². The van der Waals surface area contributed by atoms with Crippen molar-refractivity contribution in [2.45, 2.75) is 160 Å². The number of nitrogens with two attached hydrogens (primary N) is 4. The molecule has 0 aliphatic carbocycles. The summed E-state index contributed by atoms with van der Waals surface area (Å²) in [6, 6.07) is 0.0243. The summed E-state index contributed by atoms with van der Waals surface area (Å²) in [6.07, 6.45) is -1.59. The van der Waals surface area contributed by atoms with Gasteiger partial charge in [-0.05, 0) is 81.5 Å². The van der Waals surface area contributed by atoms with E-state index >= 15 is 0 Å². The van der Waals surface area contributed by atoms with Crippen LogP contribution in [0.25, 0.3) is 0 Å². The Labute approximate surface area is 474 Å². The lowest BCUT2D eigenvalue weighted by Gasteiger charge is -2.27. The highest BCUT2D eigenvalue weighted by Gasteiger charge is 2.36. The highest BCUT2D eigenvalue weighted by Crippen LogP contribution is 2.14. The van der Waals surface area contributed by atoms with E-state index in [9.17, 15) is 72.9 Å². The molecule has 0 aliphatic rings. The number of carbonyl (C=O) groups excluding carboxylic acids is 10. The van der Waals surface area contributed by atoms with E-state index < -0.39 is 150 Å². The minimum atomic E-state index is -1.97. The van der Waals surface area contributed by atoms with Crippen LogP contribution in [0.15, 0.2) is 59.6 Å². The van der Waals surface area contributed by atoms with Crippen LogP contribution in [-0.4, -0.2) is 159 Å². The number of aromatic hydroxyl groups is 1.